The number of imidazole rings is 1. The van der Waals surface area contributed by atoms with Crippen LogP contribution in [0.2, 0.25) is 0 Å². The van der Waals surface area contributed by atoms with Crippen molar-refractivity contribution in [2.45, 2.75) is 0 Å². The van der Waals surface area contributed by atoms with Crippen LogP contribution in [0.15, 0.2) is 155 Å². The fraction of sp³-hybridized carbons (Fsp3) is 0.0465. The Kier molecular flexibility index (Phi) is 6.62. The molecule has 3 heterocycles. The first kappa shape index (κ1) is 28.7. The average molecular weight is 635 g/mol. The van der Waals surface area contributed by atoms with E-state index in [-0.39, 0.29) is 5.69 Å². The highest BCUT2D eigenvalue weighted by atomic mass is 16.3. The molecule has 0 radical (unpaired) electrons. The van der Waals surface area contributed by atoms with E-state index in [1.165, 1.54) is 0 Å². The quantitative estimate of drug-likeness (QED) is 0.189. The van der Waals surface area contributed by atoms with Gasteiger partial charge in [0.25, 0.3) is 0 Å². The van der Waals surface area contributed by atoms with E-state index in [2.05, 4.69) is 91.0 Å². The summed E-state index contributed by atoms with van der Waals surface area (Å²) in [4.78, 5) is 22.7. The van der Waals surface area contributed by atoms with Crippen molar-refractivity contribution in [2.24, 2.45) is 14.1 Å². The summed E-state index contributed by atoms with van der Waals surface area (Å²) >= 11 is 0. The Balaban J connectivity index is 1.15. The van der Waals surface area contributed by atoms with Gasteiger partial charge in [-0.2, -0.15) is 0 Å². The van der Waals surface area contributed by atoms with E-state index in [0.717, 1.165) is 83.3 Å². The topological polar surface area (TPSA) is 65.8 Å². The van der Waals surface area contributed by atoms with Crippen molar-refractivity contribution in [3.8, 4) is 56.2 Å². The van der Waals surface area contributed by atoms with E-state index in [0.29, 0.717) is 5.82 Å². The van der Waals surface area contributed by atoms with Crippen LogP contribution in [0.5, 0.6) is 0 Å². The van der Waals surface area contributed by atoms with Gasteiger partial charge >= 0.3 is 5.69 Å². The molecule has 0 aliphatic carbocycles. The van der Waals surface area contributed by atoms with Crippen molar-refractivity contribution in [3.63, 3.8) is 0 Å². The maximum Gasteiger partial charge on any atom is 0.328 e. The number of furan rings is 1. The van der Waals surface area contributed by atoms with Gasteiger partial charge in [-0.25, -0.2) is 14.8 Å². The lowest BCUT2D eigenvalue weighted by Crippen LogP contribution is -2.19. The lowest BCUT2D eigenvalue weighted by Gasteiger charge is -2.12. The molecule has 9 rings (SSSR count). The summed E-state index contributed by atoms with van der Waals surface area (Å²) in [6.45, 7) is 0. The molecule has 0 atom stereocenters. The molecule has 0 saturated carbocycles. The zero-order valence-electron chi connectivity index (χ0n) is 27.0. The highest BCUT2D eigenvalue weighted by Crippen LogP contribution is 2.35. The Bertz CT molecular complexity index is 2770. The fourth-order valence-corrected chi connectivity index (χ4v) is 6.77. The molecule has 0 amide bonds. The van der Waals surface area contributed by atoms with E-state index in [1.54, 1.807) is 16.2 Å². The molecule has 6 nitrogen and oxygen atoms in total. The van der Waals surface area contributed by atoms with Crippen molar-refractivity contribution in [3.05, 3.63) is 156 Å². The lowest BCUT2D eigenvalue weighted by molar-refractivity contribution is 0.669. The van der Waals surface area contributed by atoms with Crippen LogP contribution < -0.4 is 5.69 Å². The van der Waals surface area contributed by atoms with Crippen LogP contribution in [0.25, 0.3) is 89.1 Å². The Hall–Kier alpha value is -6.53. The third-order valence-electron chi connectivity index (χ3n) is 9.39. The SMILES string of the molecule is Cn1c(=O)n(C)c2cc(-c3cccc(-c4cc(-c5cccc(-c6ccc7c(c6)oc6ccccc67)c5)nc(-c5ccccc5)n4)c3)ccc21. The molecule has 9 aromatic rings. The molecule has 0 N–H and O–H groups in total. The van der Waals surface area contributed by atoms with Crippen LogP contribution in [0.3, 0.4) is 0 Å². The minimum atomic E-state index is -0.0398. The fourth-order valence-electron chi connectivity index (χ4n) is 6.77. The summed E-state index contributed by atoms with van der Waals surface area (Å²) in [5.74, 6) is 0.660. The maximum atomic E-state index is 12.6. The van der Waals surface area contributed by atoms with Crippen molar-refractivity contribution in [1.29, 1.82) is 0 Å². The van der Waals surface area contributed by atoms with Gasteiger partial charge in [-0.15, -0.1) is 0 Å². The summed E-state index contributed by atoms with van der Waals surface area (Å²) < 4.78 is 9.56. The second kappa shape index (κ2) is 11.3. The Morgan fingerprint density at radius 1 is 0.449 bits per heavy atom. The molecule has 0 fully saturated rings. The molecule has 234 valence electrons. The monoisotopic (exact) mass is 634 g/mol. The van der Waals surface area contributed by atoms with Gasteiger partial charge < -0.3 is 4.42 Å². The van der Waals surface area contributed by atoms with Crippen molar-refractivity contribution >= 4 is 33.0 Å². The van der Waals surface area contributed by atoms with E-state index in [4.69, 9.17) is 14.4 Å². The van der Waals surface area contributed by atoms with Crippen molar-refractivity contribution in [2.75, 3.05) is 0 Å². The van der Waals surface area contributed by atoms with E-state index >= 15 is 0 Å². The van der Waals surface area contributed by atoms with Gasteiger partial charge in [-0.3, -0.25) is 9.13 Å². The van der Waals surface area contributed by atoms with Crippen LogP contribution in [0, 0.1) is 0 Å². The summed E-state index contributed by atoms with van der Waals surface area (Å²) in [5, 5.41) is 2.23. The molecule has 0 aliphatic rings. The van der Waals surface area contributed by atoms with Gasteiger partial charge in [-0.05, 0) is 70.8 Å². The van der Waals surface area contributed by atoms with E-state index in [1.807, 2.05) is 61.6 Å². The minimum Gasteiger partial charge on any atom is -0.456 e. The molecule has 3 aromatic heterocycles. The Labute approximate surface area is 282 Å². The largest absolute Gasteiger partial charge is 0.456 e. The number of hydrogen-bond acceptors (Lipinski definition) is 4. The van der Waals surface area contributed by atoms with Crippen LogP contribution in [0.4, 0.5) is 0 Å². The zero-order chi connectivity index (χ0) is 33.1. The van der Waals surface area contributed by atoms with Crippen LogP contribution in [-0.4, -0.2) is 19.1 Å². The van der Waals surface area contributed by atoms with Crippen molar-refractivity contribution < 1.29 is 4.42 Å². The molecular formula is C43H30N4O2. The molecular weight excluding hydrogens is 604 g/mol. The molecule has 0 unspecified atom stereocenters. The molecule has 0 saturated heterocycles. The number of fused-ring (bicyclic) bond motifs is 4. The molecule has 0 aliphatic heterocycles. The highest BCUT2D eigenvalue weighted by Gasteiger charge is 2.14. The summed E-state index contributed by atoms with van der Waals surface area (Å²) in [6.07, 6.45) is 0. The van der Waals surface area contributed by atoms with Gasteiger partial charge in [0.2, 0.25) is 0 Å². The highest BCUT2D eigenvalue weighted by molar-refractivity contribution is 6.05. The number of aryl methyl sites for hydroxylation is 2. The first-order valence-electron chi connectivity index (χ1n) is 16.2. The molecule has 0 bridgehead atoms. The maximum absolute atomic E-state index is 12.6. The molecule has 6 heteroatoms. The Morgan fingerprint density at radius 2 is 1.00 bits per heavy atom. The number of para-hydroxylation sites is 1. The van der Waals surface area contributed by atoms with Gasteiger partial charge in [0.05, 0.1) is 22.4 Å². The van der Waals surface area contributed by atoms with E-state index in [9.17, 15) is 4.79 Å². The minimum absolute atomic E-state index is 0.0398. The molecule has 6 aromatic carbocycles. The van der Waals surface area contributed by atoms with Gasteiger partial charge in [0.15, 0.2) is 5.82 Å². The predicted octanol–water partition coefficient (Wildman–Crippen LogP) is 9.90. The summed E-state index contributed by atoms with van der Waals surface area (Å²) in [7, 11) is 3.61. The smallest absolute Gasteiger partial charge is 0.328 e. The molecule has 0 spiro atoms. The number of benzene rings is 6. The third-order valence-corrected chi connectivity index (χ3v) is 9.39. The second-order valence-corrected chi connectivity index (χ2v) is 12.4. The number of nitrogens with zero attached hydrogens (tertiary/aromatic N) is 4. The predicted molar refractivity (Wildman–Crippen MR) is 198 cm³/mol. The first-order chi connectivity index (χ1) is 24.0. The van der Waals surface area contributed by atoms with Crippen LogP contribution in [-0.2, 0) is 14.1 Å². The number of hydrogen-bond donors (Lipinski definition) is 0. The summed E-state index contributed by atoms with van der Waals surface area (Å²) in [5.41, 5.74) is 12.3. The normalized spacial score (nSPS) is 11.6. The zero-order valence-corrected chi connectivity index (χ0v) is 27.0. The first-order valence-corrected chi connectivity index (χ1v) is 16.2. The standard InChI is InChI=1S/C43H30N4O2/c1-46-38-21-19-30(24-39(38)47(2)43(46)48)28-12-8-14-32(22-28)36-26-37(45-42(44-36)27-10-4-3-5-11-27)33-15-9-13-29(23-33)31-18-20-35-34-16-6-7-17-40(34)49-41(35)25-31/h3-26H,1-2H3. The van der Waals surface area contributed by atoms with E-state index < -0.39 is 0 Å². The number of rotatable bonds is 5. The van der Waals surface area contributed by atoms with Gasteiger partial charge in [0.1, 0.15) is 11.2 Å². The summed E-state index contributed by atoms with van der Waals surface area (Å²) in [6, 6.07) is 49.7. The Morgan fingerprint density at radius 3 is 1.73 bits per heavy atom. The number of aromatic nitrogens is 4. The van der Waals surface area contributed by atoms with Gasteiger partial charge in [0, 0.05) is 41.6 Å². The lowest BCUT2D eigenvalue weighted by atomic mass is 9.98. The third kappa shape index (κ3) is 4.93. The van der Waals surface area contributed by atoms with Crippen LogP contribution in [0.1, 0.15) is 0 Å². The van der Waals surface area contributed by atoms with Gasteiger partial charge in [-0.1, -0.05) is 97.1 Å². The second-order valence-electron chi connectivity index (χ2n) is 12.4. The van der Waals surface area contributed by atoms with Crippen LogP contribution >= 0.6 is 0 Å². The average Bonchev–Trinajstić information content (AvgIpc) is 3.64. The van der Waals surface area contributed by atoms with Crippen molar-refractivity contribution in [1.82, 2.24) is 19.1 Å². The molecule has 49 heavy (non-hydrogen) atoms.